The highest BCUT2D eigenvalue weighted by Gasteiger charge is 2.29. The fourth-order valence-corrected chi connectivity index (χ4v) is 3.69. The highest BCUT2D eigenvalue weighted by Crippen LogP contribution is 2.42. The first kappa shape index (κ1) is 13.3. The molecule has 0 amide bonds. The van der Waals surface area contributed by atoms with E-state index in [4.69, 9.17) is 22.1 Å². The van der Waals surface area contributed by atoms with Gasteiger partial charge in [-0.25, -0.2) is 0 Å². The smallest absolute Gasteiger partial charge is 0.127 e. The van der Waals surface area contributed by atoms with Gasteiger partial charge < -0.3 is 10.5 Å². The molecule has 104 valence electrons. The van der Waals surface area contributed by atoms with Gasteiger partial charge in [0, 0.05) is 23.0 Å². The Morgan fingerprint density at radius 1 is 1.26 bits per heavy atom. The van der Waals surface area contributed by atoms with E-state index in [-0.39, 0.29) is 6.04 Å². The van der Waals surface area contributed by atoms with Gasteiger partial charge >= 0.3 is 0 Å². The lowest BCUT2D eigenvalue weighted by atomic mass is 9.77. The van der Waals surface area contributed by atoms with Crippen LogP contribution in [0.3, 0.4) is 0 Å². The quantitative estimate of drug-likeness (QED) is 0.884. The zero-order valence-corrected chi connectivity index (χ0v) is 12.2. The zero-order chi connectivity index (χ0) is 13.4. The minimum absolute atomic E-state index is 0.0676. The number of fused-ring (bicyclic) bond motifs is 1. The molecule has 19 heavy (non-hydrogen) atoms. The van der Waals surface area contributed by atoms with Crippen LogP contribution in [0, 0.1) is 11.8 Å². The van der Waals surface area contributed by atoms with Crippen molar-refractivity contribution in [2.45, 2.75) is 45.1 Å². The molecule has 2 aliphatic rings. The van der Waals surface area contributed by atoms with Crippen LogP contribution in [0.4, 0.5) is 0 Å². The van der Waals surface area contributed by atoms with Crippen LogP contribution in [0.1, 0.15) is 49.8 Å². The third kappa shape index (κ3) is 2.61. The normalized spacial score (nSPS) is 27.7. The molecule has 1 aromatic rings. The van der Waals surface area contributed by atoms with E-state index in [0.717, 1.165) is 35.3 Å². The Morgan fingerprint density at radius 3 is 2.74 bits per heavy atom. The lowest BCUT2D eigenvalue weighted by Crippen LogP contribution is -2.25. The molecule has 0 saturated heterocycles. The second-order valence-corrected chi connectivity index (χ2v) is 6.56. The van der Waals surface area contributed by atoms with Gasteiger partial charge in [-0.05, 0) is 42.4 Å². The first-order valence-electron chi connectivity index (χ1n) is 7.36. The molecule has 1 aliphatic carbocycles. The van der Waals surface area contributed by atoms with Crippen molar-refractivity contribution in [3.05, 3.63) is 28.3 Å². The van der Waals surface area contributed by atoms with Crippen LogP contribution in [0.5, 0.6) is 5.75 Å². The molecular formula is C16H22ClNO. The van der Waals surface area contributed by atoms with E-state index in [2.05, 4.69) is 6.92 Å². The fraction of sp³-hybridized carbons (Fsp3) is 0.625. The summed E-state index contributed by atoms with van der Waals surface area (Å²) in [5.41, 5.74) is 8.87. The van der Waals surface area contributed by atoms with E-state index < -0.39 is 0 Å². The van der Waals surface area contributed by atoms with Crippen molar-refractivity contribution in [2.24, 2.45) is 17.6 Å². The second kappa shape index (κ2) is 5.34. The molecule has 1 heterocycles. The summed E-state index contributed by atoms with van der Waals surface area (Å²) in [7, 11) is 0. The van der Waals surface area contributed by atoms with Crippen molar-refractivity contribution in [3.8, 4) is 5.75 Å². The van der Waals surface area contributed by atoms with Gasteiger partial charge in [0.05, 0.1) is 6.61 Å². The van der Waals surface area contributed by atoms with Crippen LogP contribution >= 0.6 is 11.6 Å². The lowest BCUT2D eigenvalue weighted by molar-refractivity contribution is 0.252. The van der Waals surface area contributed by atoms with Crippen molar-refractivity contribution < 1.29 is 4.74 Å². The Balaban J connectivity index is 1.85. The number of halogens is 1. The standard InChI is InChI=1S/C16H22ClNO/c1-10-2-4-11(5-3-10)15(18)14-9-13(17)8-12-6-7-19-16(12)14/h8-11,15H,2-7,18H2,1H3. The van der Waals surface area contributed by atoms with E-state index in [9.17, 15) is 0 Å². The van der Waals surface area contributed by atoms with Crippen molar-refractivity contribution in [1.82, 2.24) is 0 Å². The summed E-state index contributed by atoms with van der Waals surface area (Å²) in [5, 5.41) is 0.791. The third-order valence-electron chi connectivity index (χ3n) is 4.70. The van der Waals surface area contributed by atoms with Crippen LogP contribution < -0.4 is 10.5 Å². The average Bonchev–Trinajstić information content (AvgIpc) is 2.85. The Kier molecular flexibility index (Phi) is 3.72. The molecule has 3 heteroatoms. The molecule has 2 N–H and O–H groups in total. The Hall–Kier alpha value is -0.730. The maximum atomic E-state index is 6.52. The van der Waals surface area contributed by atoms with E-state index in [1.807, 2.05) is 12.1 Å². The maximum Gasteiger partial charge on any atom is 0.127 e. The third-order valence-corrected chi connectivity index (χ3v) is 4.92. The number of ether oxygens (including phenoxy) is 1. The Bertz CT molecular complexity index is 466. The van der Waals surface area contributed by atoms with Gasteiger partial charge in [0.2, 0.25) is 0 Å². The molecular weight excluding hydrogens is 258 g/mol. The summed E-state index contributed by atoms with van der Waals surface area (Å²) < 4.78 is 5.78. The van der Waals surface area contributed by atoms with Crippen LogP contribution in [-0.2, 0) is 6.42 Å². The van der Waals surface area contributed by atoms with Crippen molar-refractivity contribution in [1.29, 1.82) is 0 Å². The predicted molar refractivity (Wildman–Crippen MR) is 78.7 cm³/mol. The first-order valence-corrected chi connectivity index (χ1v) is 7.73. The summed E-state index contributed by atoms with van der Waals surface area (Å²) in [6.07, 6.45) is 5.99. The van der Waals surface area contributed by atoms with Crippen LogP contribution in [0.2, 0.25) is 5.02 Å². The highest BCUT2D eigenvalue weighted by atomic mass is 35.5. The highest BCUT2D eigenvalue weighted by molar-refractivity contribution is 6.30. The molecule has 2 nitrogen and oxygen atoms in total. The number of hydrogen-bond donors (Lipinski definition) is 1. The molecule has 3 rings (SSSR count). The molecule has 1 aliphatic heterocycles. The van der Waals surface area contributed by atoms with Crippen LogP contribution in [0.25, 0.3) is 0 Å². The van der Waals surface area contributed by atoms with E-state index in [1.165, 1.54) is 31.2 Å². The molecule has 1 aromatic carbocycles. The number of benzene rings is 1. The van der Waals surface area contributed by atoms with Crippen molar-refractivity contribution >= 4 is 11.6 Å². The van der Waals surface area contributed by atoms with Crippen molar-refractivity contribution in [3.63, 3.8) is 0 Å². The molecule has 0 bridgehead atoms. The zero-order valence-electron chi connectivity index (χ0n) is 11.5. The molecule has 1 atom stereocenters. The molecule has 0 radical (unpaired) electrons. The number of nitrogens with two attached hydrogens (primary N) is 1. The van der Waals surface area contributed by atoms with Gasteiger partial charge in [-0.1, -0.05) is 31.4 Å². The molecule has 1 unspecified atom stereocenters. The largest absolute Gasteiger partial charge is 0.493 e. The van der Waals surface area contributed by atoms with Crippen molar-refractivity contribution in [2.75, 3.05) is 6.61 Å². The monoisotopic (exact) mass is 279 g/mol. The summed E-state index contributed by atoms with van der Waals surface area (Å²) >= 11 is 6.22. The molecule has 0 aromatic heterocycles. The number of hydrogen-bond acceptors (Lipinski definition) is 2. The topological polar surface area (TPSA) is 35.2 Å². The summed E-state index contributed by atoms with van der Waals surface area (Å²) in [5.74, 6) is 2.43. The molecule has 0 spiro atoms. The summed E-state index contributed by atoms with van der Waals surface area (Å²) in [4.78, 5) is 0. The van der Waals surface area contributed by atoms with Gasteiger partial charge in [0.25, 0.3) is 0 Å². The first-order chi connectivity index (χ1) is 9.15. The minimum atomic E-state index is 0.0676. The summed E-state index contributed by atoms with van der Waals surface area (Å²) in [6.45, 7) is 3.10. The maximum absolute atomic E-state index is 6.52. The van der Waals surface area contributed by atoms with E-state index in [1.54, 1.807) is 0 Å². The van der Waals surface area contributed by atoms with Gasteiger partial charge in [-0.3, -0.25) is 0 Å². The molecule has 1 saturated carbocycles. The molecule has 1 fully saturated rings. The van der Waals surface area contributed by atoms with E-state index in [0.29, 0.717) is 5.92 Å². The summed E-state index contributed by atoms with van der Waals surface area (Å²) in [6, 6.07) is 4.09. The average molecular weight is 280 g/mol. The number of rotatable bonds is 2. The predicted octanol–water partition coefficient (Wildman–Crippen LogP) is 4.10. The Labute approximate surface area is 120 Å². The Morgan fingerprint density at radius 2 is 2.00 bits per heavy atom. The lowest BCUT2D eigenvalue weighted by Gasteiger charge is -2.31. The fourth-order valence-electron chi connectivity index (χ4n) is 3.44. The van der Waals surface area contributed by atoms with E-state index >= 15 is 0 Å². The van der Waals surface area contributed by atoms with Gasteiger partial charge in [-0.15, -0.1) is 0 Å². The van der Waals surface area contributed by atoms with Crippen LogP contribution in [-0.4, -0.2) is 6.61 Å². The van der Waals surface area contributed by atoms with Gasteiger partial charge in [-0.2, -0.15) is 0 Å². The SMILES string of the molecule is CC1CCC(C(N)c2cc(Cl)cc3c2OCC3)CC1. The van der Waals surface area contributed by atoms with Crippen LogP contribution in [0.15, 0.2) is 12.1 Å². The second-order valence-electron chi connectivity index (χ2n) is 6.13. The van der Waals surface area contributed by atoms with Gasteiger partial charge in [0.15, 0.2) is 0 Å². The minimum Gasteiger partial charge on any atom is -0.493 e. The van der Waals surface area contributed by atoms with Gasteiger partial charge in [0.1, 0.15) is 5.75 Å².